The number of pyridine rings is 1. The number of esters is 1. The Balaban J connectivity index is 3.05. The molecule has 0 aromatic carbocycles. The number of nitrogens with zero attached hydrogens (tertiary/aromatic N) is 2. The highest BCUT2D eigenvalue weighted by molar-refractivity contribution is 5.81. The van der Waals surface area contributed by atoms with E-state index in [2.05, 4.69) is 4.98 Å². The Morgan fingerprint density at radius 2 is 2.16 bits per heavy atom. The SMILES string of the molecule is COc1cc(C(C#N)C(=O)OC(C)(C)C)ncc1N. The molecule has 102 valence electrons. The first kappa shape index (κ1) is 14.8. The van der Waals surface area contributed by atoms with E-state index in [-0.39, 0.29) is 5.69 Å². The Hall–Kier alpha value is -2.29. The van der Waals surface area contributed by atoms with Gasteiger partial charge in [0.15, 0.2) is 5.92 Å². The van der Waals surface area contributed by atoms with Crippen LogP contribution in [0.4, 0.5) is 5.69 Å². The molecule has 1 aromatic rings. The second kappa shape index (κ2) is 5.57. The maximum atomic E-state index is 11.9. The number of methoxy groups -OCH3 is 1. The van der Waals surface area contributed by atoms with Crippen molar-refractivity contribution in [3.8, 4) is 11.8 Å². The Kier molecular flexibility index (Phi) is 4.33. The molecule has 1 aromatic heterocycles. The summed E-state index contributed by atoms with van der Waals surface area (Å²) in [7, 11) is 1.45. The number of hydrogen-bond donors (Lipinski definition) is 1. The molecule has 0 spiro atoms. The summed E-state index contributed by atoms with van der Waals surface area (Å²) in [4.78, 5) is 15.9. The van der Waals surface area contributed by atoms with Crippen LogP contribution in [0.25, 0.3) is 0 Å². The van der Waals surface area contributed by atoms with E-state index in [0.29, 0.717) is 11.4 Å². The van der Waals surface area contributed by atoms with Crippen molar-refractivity contribution in [1.29, 1.82) is 5.26 Å². The molecule has 6 heteroatoms. The van der Waals surface area contributed by atoms with E-state index in [9.17, 15) is 4.79 Å². The van der Waals surface area contributed by atoms with E-state index in [4.69, 9.17) is 20.5 Å². The summed E-state index contributed by atoms with van der Waals surface area (Å²) >= 11 is 0. The minimum absolute atomic E-state index is 0.253. The molecule has 0 aliphatic heterocycles. The number of anilines is 1. The lowest BCUT2D eigenvalue weighted by atomic mass is 10.1. The standard InChI is InChI=1S/C13H17N3O3/c1-13(2,3)19-12(17)8(6-14)10-5-11(18-4)9(15)7-16-10/h5,7-8H,15H2,1-4H3. The van der Waals surface area contributed by atoms with Crippen LogP contribution in [0.15, 0.2) is 12.3 Å². The van der Waals surface area contributed by atoms with Gasteiger partial charge in [0, 0.05) is 6.07 Å². The first-order valence-electron chi connectivity index (χ1n) is 5.70. The number of nitrogen functional groups attached to an aromatic ring is 1. The molecule has 0 aliphatic carbocycles. The van der Waals surface area contributed by atoms with Gasteiger partial charge in [0.25, 0.3) is 0 Å². The molecule has 2 N–H and O–H groups in total. The number of nitrogens with two attached hydrogens (primary N) is 1. The van der Waals surface area contributed by atoms with Crippen LogP contribution in [0.2, 0.25) is 0 Å². The first-order valence-corrected chi connectivity index (χ1v) is 5.70. The Bertz CT molecular complexity index is 515. The van der Waals surface area contributed by atoms with E-state index in [1.807, 2.05) is 6.07 Å². The van der Waals surface area contributed by atoms with Gasteiger partial charge in [-0.25, -0.2) is 0 Å². The monoisotopic (exact) mass is 263 g/mol. The highest BCUT2D eigenvalue weighted by atomic mass is 16.6. The maximum absolute atomic E-state index is 11.9. The van der Waals surface area contributed by atoms with Gasteiger partial charge < -0.3 is 15.2 Å². The number of aromatic nitrogens is 1. The predicted octanol–water partition coefficient (Wildman–Crippen LogP) is 1.62. The summed E-state index contributed by atoms with van der Waals surface area (Å²) in [6, 6.07) is 3.34. The van der Waals surface area contributed by atoms with Gasteiger partial charge in [-0.2, -0.15) is 5.26 Å². The second-order valence-electron chi connectivity index (χ2n) is 4.95. The van der Waals surface area contributed by atoms with Crippen LogP contribution in [0.3, 0.4) is 0 Å². The molecular weight excluding hydrogens is 246 g/mol. The minimum Gasteiger partial charge on any atom is -0.494 e. The molecule has 0 aliphatic rings. The summed E-state index contributed by atoms with van der Waals surface area (Å²) in [5, 5.41) is 9.12. The number of carbonyl (C=O) groups is 1. The first-order chi connectivity index (χ1) is 8.78. The van der Waals surface area contributed by atoms with Crippen LogP contribution in [0.1, 0.15) is 32.4 Å². The molecule has 0 amide bonds. The molecule has 19 heavy (non-hydrogen) atoms. The van der Waals surface area contributed by atoms with Crippen LogP contribution in [0, 0.1) is 11.3 Å². The molecule has 6 nitrogen and oxygen atoms in total. The van der Waals surface area contributed by atoms with E-state index in [1.54, 1.807) is 20.8 Å². The van der Waals surface area contributed by atoms with E-state index in [1.165, 1.54) is 19.4 Å². The molecule has 0 fully saturated rings. The molecule has 1 unspecified atom stereocenters. The van der Waals surface area contributed by atoms with Gasteiger partial charge >= 0.3 is 5.97 Å². The van der Waals surface area contributed by atoms with Crippen molar-refractivity contribution in [2.75, 3.05) is 12.8 Å². The second-order valence-corrected chi connectivity index (χ2v) is 4.95. The van der Waals surface area contributed by atoms with Crippen molar-refractivity contribution in [3.05, 3.63) is 18.0 Å². The summed E-state index contributed by atoms with van der Waals surface area (Å²) in [5.41, 5.74) is 5.56. The molecule has 1 rings (SSSR count). The number of rotatable bonds is 3. The lowest BCUT2D eigenvalue weighted by molar-refractivity contribution is -0.155. The van der Waals surface area contributed by atoms with Gasteiger partial charge in [0.2, 0.25) is 0 Å². The van der Waals surface area contributed by atoms with Gasteiger partial charge in [0.1, 0.15) is 11.4 Å². The normalized spacial score (nSPS) is 12.4. The zero-order chi connectivity index (χ0) is 14.6. The molecular formula is C13H17N3O3. The van der Waals surface area contributed by atoms with Crippen molar-refractivity contribution in [3.63, 3.8) is 0 Å². The number of hydrogen-bond acceptors (Lipinski definition) is 6. The third kappa shape index (κ3) is 3.85. The third-order valence-corrected chi connectivity index (χ3v) is 2.20. The van der Waals surface area contributed by atoms with E-state index in [0.717, 1.165) is 0 Å². The van der Waals surface area contributed by atoms with Crippen molar-refractivity contribution < 1.29 is 14.3 Å². The fourth-order valence-corrected chi connectivity index (χ4v) is 1.40. The Morgan fingerprint density at radius 3 is 2.63 bits per heavy atom. The number of nitriles is 1. The number of ether oxygens (including phenoxy) is 2. The molecule has 0 saturated heterocycles. The summed E-state index contributed by atoms with van der Waals surface area (Å²) in [6.07, 6.45) is 1.35. The minimum atomic E-state index is -1.10. The van der Waals surface area contributed by atoms with Crippen molar-refractivity contribution in [1.82, 2.24) is 4.98 Å². The molecule has 0 radical (unpaired) electrons. The largest absolute Gasteiger partial charge is 0.494 e. The van der Waals surface area contributed by atoms with E-state index >= 15 is 0 Å². The zero-order valence-electron chi connectivity index (χ0n) is 11.4. The third-order valence-electron chi connectivity index (χ3n) is 2.20. The quantitative estimate of drug-likeness (QED) is 0.832. The highest BCUT2D eigenvalue weighted by Crippen LogP contribution is 2.25. The average molecular weight is 263 g/mol. The van der Waals surface area contributed by atoms with Gasteiger partial charge in [0.05, 0.1) is 30.8 Å². The van der Waals surface area contributed by atoms with Gasteiger partial charge in [-0.3, -0.25) is 9.78 Å². The van der Waals surface area contributed by atoms with E-state index < -0.39 is 17.5 Å². The molecule has 1 atom stereocenters. The van der Waals surface area contributed by atoms with Crippen LogP contribution < -0.4 is 10.5 Å². The number of carbonyl (C=O) groups excluding carboxylic acids is 1. The molecule has 1 heterocycles. The summed E-state index contributed by atoms with van der Waals surface area (Å²) in [5.74, 6) is -1.38. The van der Waals surface area contributed by atoms with Crippen molar-refractivity contribution in [2.24, 2.45) is 0 Å². The predicted molar refractivity (Wildman–Crippen MR) is 69.4 cm³/mol. The fourth-order valence-electron chi connectivity index (χ4n) is 1.40. The van der Waals surface area contributed by atoms with Crippen molar-refractivity contribution in [2.45, 2.75) is 32.3 Å². The van der Waals surface area contributed by atoms with Gasteiger partial charge in [-0.1, -0.05) is 0 Å². The fraction of sp³-hybridized carbons (Fsp3) is 0.462. The summed E-state index contributed by atoms with van der Waals surface area (Å²) < 4.78 is 10.2. The smallest absolute Gasteiger partial charge is 0.330 e. The molecule has 0 bridgehead atoms. The van der Waals surface area contributed by atoms with Crippen LogP contribution in [0.5, 0.6) is 5.75 Å². The average Bonchev–Trinajstić information content (AvgIpc) is 2.29. The van der Waals surface area contributed by atoms with Gasteiger partial charge in [-0.05, 0) is 20.8 Å². The lowest BCUT2D eigenvalue weighted by Gasteiger charge is -2.21. The maximum Gasteiger partial charge on any atom is 0.330 e. The van der Waals surface area contributed by atoms with Crippen LogP contribution in [-0.4, -0.2) is 23.7 Å². The Morgan fingerprint density at radius 1 is 1.53 bits per heavy atom. The van der Waals surface area contributed by atoms with Gasteiger partial charge in [-0.15, -0.1) is 0 Å². The lowest BCUT2D eigenvalue weighted by Crippen LogP contribution is -2.27. The van der Waals surface area contributed by atoms with Crippen LogP contribution >= 0.6 is 0 Å². The van der Waals surface area contributed by atoms with Crippen LogP contribution in [-0.2, 0) is 9.53 Å². The van der Waals surface area contributed by atoms with Crippen molar-refractivity contribution >= 4 is 11.7 Å². The Labute approximate surface area is 112 Å². The summed E-state index contributed by atoms with van der Waals surface area (Å²) in [6.45, 7) is 5.20. The molecule has 0 saturated carbocycles. The topological polar surface area (TPSA) is 98.2 Å². The highest BCUT2D eigenvalue weighted by Gasteiger charge is 2.28. The zero-order valence-corrected chi connectivity index (χ0v) is 11.4.